The van der Waals surface area contributed by atoms with Crippen LogP contribution in [0.5, 0.6) is 0 Å². The Hall–Kier alpha value is -1.46. The maximum atomic E-state index is 13.4. The number of hydrogen-bond donors (Lipinski definition) is 1. The highest BCUT2D eigenvalue weighted by Crippen LogP contribution is 2.30. The predicted molar refractivity (Wildman–Crippen MR) is 41.8 cm³/mol. The van der Waals surface area contributed by atoms with Gasteiger partial charge >= 0.3 is 0 Å². The molecule has 1 aliphatic rings. The molecule has 0 aliphatic heterocycles. The summed E-state index contributed by atoms with van der Waals surface area (Å²) in [5.74, 6) is -0.888. The fraction of sp³-hybridized carbons (Fsp3) is 0.429. The Balaban J connectivity index is 3.12. The average molecular weight is 190 g/mol. The minimum absolute atomic E-state index is 0.407. The molecule has 0 aromatic heterocycles. The van der Waals surface area contributed by atoms with Gasteiger partial charge in [0.25, 0.3) is 6.04 Å². The molecule has 0 heterocycles. The van der Waals surface area contributed by atoms with E-state index in [0.29, 0.717) is 6.08 Å². The number of nitrogens with zero attached hydrogens (tertiary/aromatic N) is 1. The number of alkyl halides is 1. The molecule has 0 saturated heterocycles. The van der Waals surface area contributed by atoms with Crippen molar-refractivity contribution in [2.75, 3.05) is 0 Å². The summed E-state index contributed by atoms with van der Waals surface area (Å²) in [6.45, 7) is 0.917. The van der Waals surface area contributed by atoms with Crippen LogP contribution in [0, 0.1) is 10.1 Å². The number of nitrogens with two attached hydrogens (primary N) is 1. The van der Waals surface area contributed by atoms with E-state index in [4.69, 9.17) is 5.73 Å². The molecule has 13 heavy (non-hydrogen) atoms. The predicted octanol–water partition coefficient (Wildman–Crippen LogP) is 1.07. The summed E-state index contributed by atoms with van der Waals surface area (Å²) in [4.78, 5) is 9.51. The van der Waals surface area contributed by atoms with Crippen molar-refractivity contribution in [3.8, 4) is 0 Å². The molecular formula is C7H8F2N2O2. The van der Waals surface area contributed by atoms with Gasteiger partial charge in [0.2, 0.25) is 5.67 Å². The second kappa shape index (κ2) is 2.79. The second-order valence-electron chi connectivity index (χ2n) is 3.01. The fourth-order valence-electron chi connectivity index (χ4n) is 1.28. The smallest absolute Gasteiger partial charge is 0.288 e. The Morgan fingerprint density at radius 1 is 1.77 bits per heavy atom. The first-order valence-corrected chi connectivity index (χ1v) is 3.52. The molecule has 0 aromatic carbocycles. The molecule has 0 spiro atoms. The molecule has 0 radical (unpaired) electrons. The van der Waals surface area contributed by atoms with Crippen molar-refractivity contribution in [2.24, 2.45) is 5.73 Å². The summed E-state index contributed by atoms with van der Waals surface area (Å²) in [5, 5.41) is 10.4. The lowest BCUT2D eigenvalue weighted by Crippen LogP contribution is -2.45. The highest BCUT2D eigenvalue weighted by Gasteiger charge is 2.46. The van der Waals surface area contributed by atoms with Gasteiger partial charge in [-0.2, -0.15) is 0 Å². The topological polar surface area (TPSA) is 69.2 Å². The summed E-state index contributed by atoms with van der Waals surface area (Å²) in [5.41, 5.74) is 2.37. The van der Waals surface area contributed by atoms with Gasteiger partial charge < -0.3 is 5.73 Å². The molecule has 2 unspecified atom stereocenters. The molecule has 1 rings (SSSR count). The van der Waals surface area contributed by atoms with E-state index in [1.165, 1.54) is 0 Å². The van der Waals surface area contributed by atoms with Crippen LogP contribution >= 0.6 is 0 Å². The van der Waals surface area contributed by atoms with E-state index in [0.717, 1.165) is 13.0 Å². The molecule has 0 amide bonds. The van der Waals surface area contributed by atoms with Crippen molar-refractivity contribution in [1.29, 1.82) is 0 Å². The minimum atomic E-state index is -2.37. The van der Waals surface area contributed by atoms with Gasteiger partial charge in [0.15, 0.2) is 0 Å². The van der Waals surface area contributed by atoms with Gasteiger partial charge in [-0.15, -0.1) is 0 Å². The Bertz CT molecular complexity index is 310. The number of nitro groups is 1. The van der Waals surface area contributed by atoms with Crippen LogP contribution in [0.15, 0.2) is 23.7 Å². The van der Waals surface area contributed by atoms with Crippen molar-refractivity contribution < 1.29 is 13.7 Å². The van der Waals surface area contributed by atoms with Crippen molar-refractivity contribution in [1.82, 2.24) is 0 Å². The first-order chi connectivity index (χ1) is 5.84. The molecule has 0 saturated carbocycles. The Labute approximate surface area is 72.9 Å². The van der Waals surface area contributed by atoms with E-state index in [1.54, 1.807) is 0 Å². The summed E-state index contributed by atoms with van der Waals surface area (Å²) in [6, 6.07) is -1.70. The van der Waals surface area contributed by atoms with Gasteiger partial charge in [0.1, 0.15) is 5.83 Å². The third kappa shape index (κ3) is 1.66. The molecular weight excluding hydrogens is 182 g/mol. The van der Waals surface area contributed by atoms with E-state index in [2.05, 4.69) is 0 Å². The lowest BCUT2D eigenvalue weighted by molar-refractivity contribution is -0.526. The molecule has 72 valence electrons. The van der Waals surface area contributed by atoms with E-state index < -0.39 is 28.2 Å². The van der Waals surface area contributed by atoms with Crippen LogP contribution in [0.25, 0.3) is 0 Å². The summed E-state index contributed by atoms with van der Waals surface area (Å²) >= 11 is 0. The van der Waals surface area contributed by atoms with Gasteiger partial charge in [-0.1, -0.05) is 0 Å². The zero-order valence-electron chi connectivity index (χ0n) is 6.83. The zero-order valence-corrected chi connectivity index (χ0v) is 6.83. The highest BCUT2D eigenvalue weighted by molar-refractivity contribution is 5.31. The minimum Gasteiger partial charge on any atom is -0.396 e. The number of rotatable bonds is 1. The van der Waals surface area contributed by atoms with Gasteiger partial charge in [-0.05, 0) is 19.1 Å². The zero-order chi connectivity index (χ0) is 10.2. The van der Waals surface area contributed by atoms with Crippen LogP contribution in [0.3, 0.4) is 0 Å². The lowest BCUT2D eigenvalue weighted by atomic mass is 9.91. The largest absolute Gasteiger partial charge is 0.396 e. The molecule has 2 N–H and O–H groups in total. The maximum absolute atomic E-state index is 13.4. The molecule has 0 bridgehead atoms. The molecule has 4 nitrogen and oxygen atoms in total. The second-order valence-corrected chi connectivity index (χ2v) is 3.01. The average Bonchev–Trinajstić information content (AvgIpc) is 1.78. The summed E-state index contributed by atoms with van der Waals surface area (Å²) < 4.78 is 26.0. The van der Waals surface area contributed by atoms with Gasteiger partial charge in [-0.25, -0.2) is 8.78 Å². The van der Waals surface area contributed by atoms with Crippen molar-refractivity contribution in [2.45, 2.75) is 18.6 Å². The Kier molecular flexibility index (Phi) is 2.07. The summed E-state index contributed by atoms with van der Waals surface area (Å²) in [6.07, 6.45) is 1.31. The molecule has 0 fully saturated rings. The lowest BCUT2D eigenvalue weighted by Gasteiger charge is -2.23. The molecule has 0 aromatic rings. The summed E-state index contributed by atoms with van der Waals surface area (Å²) in [7, 11) is 0. The number of allylic oxidation sites excluding steroid dienone is 2. The third-order valence-corrected chi connectivity index (χ3v) is 1.79. The van der Waals surface area contributed by atoms with Gasteiger partial charge in [-0.3, -0.25) is 10.1 Å². The van der Waals surface area contributed by atoms with Gasteiger partial charge in [0, 0.05) is 4.92 Å². The normalized spacial score (nSPS) is 33.6. The molecule has 1 aliphatic carbocycles. The molecule has 6 heteroatoms. The van der Waals surface area contributed by atoms with Crippen LogP contribution in [-0.2, 0) is 0 Å². The van der Waals surface area contributed by atoms with Crippen molar-refractivity contribution >= 4 is 0 Å². The van der Waals surface area contributed by atoms with Crippen LogP contribution in [0.2, 0.25) is 0 Å². The van der Waals surface area contributed by atoms with Crippen molar-refractivity contribution in [3.63, 3.8) is 0 Å². The number of halogens is 2. The monoisotopic (exact) mass is 190 g/mol. The Morgan fingerprint density at radius 3 is 2.69 bits per heavy atom. The van der Waals surface area contributed by atoms with E-state index in [-0.39, 0.29) is 0 Å². The first-order valence-electron chi connectivity index (χ1n) is 3.52. The van der Waals surface area contributed by atoms with Crippen LogP contribution < -0.4 is 5.73 Å². The number of hydrogen-bond acceptors (Lipinski definition) is 3. The van der Waals surface area contributed by atoms with Crippen LogP contribution in [0.1, 0.15) is 6.92 Å². The standard InChI is InChI=1S/C7H8F2N2O2/c1-7(9)3-4(8)2-5(10)6(7)11(12)13/h2-3,6H,10H2,1H3. The fourth-order valence-corrected chi connectivity index (χ4v) is 1.28. The van der Waals surface area contributed by atoms with Crippen LogP contribution in [0.4, 0.5) is 8.78 Å². The maximum Gasteiger partial charge on any atom is 0.288 e. The SMILES string of the molecule is CC1(F)C=C(F)C=C(N)C1[N+](=O)[O-]. The first kappa shape index (κ1) is 9.63. The third-order valence-electron chi connectivity index (χ3n) is 1.79. The van der Waals surface area contributed by atoms with E-state index in [1.807, 2.05) is 0 Å². The van der Waals surface area contributed by atoms with Crippen molar-refractivity contribution in [3.05, 3.63) is 33.8 Å². The highest BCUT2D eigenvalue weighted by atomic mass is 19.1. The van der Waals surface area contributed by atoms with E-state index >= 15 is 0 Å². The Morgan fingerprint density at radius 2 is 2.31 bits per heavy atom. The molecule has 2 atom stereocenters. The van der Waals surface area contributed by atoms with Gasteiger partial charge in [0.05, 0.1) is 5.70 Å². The quantitative estimate of drug-likeness (QED) is 0.496. The van der Waals surface area contributed by atoms with E-state index in [9.17, 15) is 18.9 Å². The van der Waals surface area contributed by atoms with Crippen LogP contribution in [-0.4, -0.2) is 16.6 Å².